The van der Waals surface area contributed by atoms with Crippen LogP contribution in [0.5, 0.6) is 11.5 Å². The Bertz CT molecular complexity index is 953. The number of benzene rings is 2. The first kappa shape index (κ1) is 18.1. The molecule has 0 unspecified atom stereocenters. The number of hydrogen-bond acceptors (Lipinski definition) is 5. The van der Waals surface area contributed by atoms with Crippen LogP contribution in [0, 0.1) is 0 Å². The van der Waals surface area contributed by atoms with Gasteiger partial charge in [0.1, 0.15) is 11.5 Å². The third-order valence-corrected chi connectivity index (χ3v) is 5.19. The second kappa shape index (κ2) is 7.03. The van der Waals surface area contributed by atoms with E-state index in [2.05, 4.69) is 0 Å². The number of esters is 1. The summed E-state index contributed by atoms with van der Waals surface area (Å²) in [6.07, 6.45) is 0.947. The van der Waals surface area contributed by atoms with Crippen molar-refractivity contribution in [2.75, 3.05) is 6.61 Å². The van der Waals surface area contributed by atoms with Crippen molar-refractivity contribution in [2.24, 2.45) is 0 Å². The molecule has 2 aliphatic rings. The minimum absolute atomic E-state index is 0.108. The zero-order chi connectivity index (χ0) is 19.8. The number of carbonyl (C=O) groups excluding carboxylic acids is 2. The molecule has 0 saturated heterocycles. The summed E-state index contributed by atoms with van der Waals surface area (Å²) in [5, 5.41) is 10.0. The Morgan fingerprint density at radius 3 is 2.61 bits per heavy atom. The number of hydrogen-bond donors (Lipinski definition) is 1. The molecule has 6 heteroatoms. The van der Waals surface area contributed by atoms with Gasteiger partial charge in [-0.2, -0.15) is 0 Å². The summed E-state index contributed by atoms with van der Waals surface area (Å²) in [5.41, 5.74) is 2.07. The topological polar surface area (TPSA) is 76.1 Å². The molecule has 0 spiro atoms. The van der Waals surface area contributed by atoms with E-state index in [0.717, 1.165) is 11.1 Å². The van der Waals surface area contributed by atoms with Gasteiger partial charge in [0, 0.05) is 24.6 Å². The standard InChI is InChI=1S/C22H21NO5/c1-3-27-22(26)17-12-23(13(2)24)21-20(19(17)14-7-5-4-6-8-14)16-11-15(25)9-10-18(16)28-21/h4-12,19-21,25H,3H2,1-2H3/t19-,20-,21+/m0/s1. The maximum Gasteiger partial charge on any atom is 0.336 e. The molecule has 6 nitrogen and oxygen atoms in total. The van der Waals surface area contributed by atoms with Crippen molar-refractivity contribution in [1.29, 1.82) is 0 Å². The van der Waals surface area contributed by atoms with Crippen LogP contribution in [0.25, 0.3) is 0 Å². The molecule has 0 aromatic heterocycles. The van der Waals surface area contributed by atoms with Crippen molar-refractivity contribution >= 4 is 11.9 Å². The minimum Gasteiger partial charge on any atom is -0.508 e. The lowest BCUT2D eigenvalue weighted by Crippen LogP contribution is -2.46. The lowest BCUT2D eigenvalue weighted by molar-refractivity contribution is -0.140. The fraction of sp³-hybridized carbons (Fsp3) is 0.273. The third kappa shape index (κ3) is 2.91. The Hall–Kier alpha value is -3.28. The predicted molar refractivity (Wildman–Crippen MR) is 102 cm³/mol. The molecule has 0 saturated carbocycles. The monoisotopic (exact) mass is 379 g/mol. The Labute approximate surface area is 163 Å². The molecule has 2 aromatic rings. The molecule has 2 aliphatic heterocycles. The van der Waals surface area contributed by atoms with E-state index in [0.29, 0.717) is 11.3 Å². The van der Waals surface area contributed by atoms with Crippen molar-refractivity contribution in [3.8, 4) is 11.5 Å². The van der Waals surface area contributed by atoms with Gasteiger partial charge in [0.15, 0.2) is 6.23 Å². The third-order valence-electron chi connectivity index (χ3n) is 5.19. The number of fused-ring (bicyclic) bond motifs is 3. The lowest BCUT2D eigenvalue weighted by atomic mass is 9.74. The van der Waals surface area contributed by atoms with Gasteiger partial charge in [-0.1, -0.05) is 30.3 Å². The van der Waals surface area contributed by atoms with Crippen LogP contribution in [0.3, 0.4) is 0 Å². The van der Waals surface area contributed by atoms with Crippen LogP contribution in [0.2, 0.25) is 0 Å². The van der Waals surface area contributed by atoms with Gasteiger partial charge in [0.2, 0.25) is 5.91 Å². The second-order valence-corrected chi connectivity index (χ2v) is 6.88. The smallest absolute Gasteiger partial charge is 0.336 e. The SMILES string of the molecule is CCOC(=O)C1=CN(C(C)=O)[C@@H]2Oc3ccc(O)cc3[C@H]2[C@H]1c1ccccc1. The van der Waals surface area contributed by atoms with Crippen LogP contribution in [0.15, 0.2) is 60.3 Å². The predicted octanol–water partition coefficient (Wildman–Crippen LogP) is 3.29. The molecule has 2 heterocycles. The van der Waals surface area contributed by atoms with Gasteiger partial charge in [0.05, 0.1) is 18.1 Å². The van der Waals surface area contributed by atoms with Crippen LogP contribution in [-0.4, -0.2) is 34.7 Å². The fourth-order valence-corrected chi connectivity index (χ4v) is 4.04. The lowest BCUT2D eigenvalue weighted by Gasteiger charge is -2.39. The molecular formula is C22H21NO5. The van der Waals surface area contributed by atoms with Gasteiger partial charge in [-0.05, 0) is 30.7 Å². The van der Waals surface area contributed by atoms with Crippen LogP contribution in [0.4, 0.5) is 0 Å². The number of phenolic OH excluding ortho intramolecular Hbond substituents is 1. The summed E-state index contributed by atoms with van der Waals surface area (Å²) in [7, 11) is 0. The maximum absolute atomic E-state index is 12.8. The van der Waals surface area contributed by atoms with Crippen molar-refractivity contribution in [3.63, 3.8) is 0 Å². The first-order valence-corrected chi connectivity index (χ1v) is 9.23. The van der Waals surface area contributed by atoms with Gasteiger partial charge < -0.3 is 14.6 Å². The largest absolute Gasteiger partial charge is 0.508 e. The Balaban J connectivity index is 1.92. The molecule has 0 fully saturated rings. The summed E-state index contributed by atoms with van der Waals surface area (Å²) in [6.45, 7) is 3.42. The zero-order valence-corrected chi connectivity index (χ0v) is 15.7. The summed E-state index contributed by atoms with van der Waals surface area (Å²) in [5.74, 6) is -0.716. The highest BCUT2D eigenvalue weighted by Gasteiger charge is 2.50. The molecule has 2 aromatic carbocycles. The molecule has 3 atom stereocenters. The highest BCUT2D eigenvalue weighted by molar-refractivity contribution is 5.92. The fourth-order valence-electron chi connectivity index (χ4n) is 4.04. The number of aromatic hydroxyl groups is 1. The van der Waals surface area contributed by atoms with E-state index in [9.17, 15) is 14.7 Å². The van der Waals surface area contributed by atoms with E-state index >= 15 is 0 Å². The molecule has 1 N–H and O–H groups in total. The summed E-state index contributed by atoms with van der Waals surface area (Å²) >= 11 is 0. The number of nitrogens with zero attached hydrogens (tertiary/aromatic N) is 1. The highest BCUT2D eigenvalue weighted by Crippen LogP contribution is 2.53. The molecular weight excluding hydrogens is 358 g/mol. The van der Waals surface area contributed by atoms with Gasteiger partial charge in [-0.15, -0.1) is 0 Å². The first-order chi connectivity index (χ1) is 13.5. The maximum atomic E-state index is 12.8. The molecule has 0 aliphatic carbocycles. The average molecular weight is 379 g/mol. The van der Waals surface area contributed by atoms with Crippen molar-refractivity contribution < 1.29 is 24.2 Å². The zero-order valence-electron chi connectivity index (χ0n) is 15.7. The van der Waals surface area contributed by atoms with E-state index in [-0.39, 0.29) is 30.1 Å². The Morgan fingerprint density at radius 1 is 1.18 bits per heavy atom. The van der Waals surface area contributed by atoms with E-state index in [1.165, 1.54) is 11.8 Å². The van der Waals surface area contributed by atoms with Crippen LogP contribution >= 0.6 is 0 Å². The average Bonchev–Trinajstić information content (AvgIpc) is 3.06. The highest BCUT2D eigenvalue weighted by atomic mass is 16.5. The molecule has 4 rings (SSSR count). The van der Waals surface area contributed by atoms with Crippen LogP contribution in [-0.2, 0) is 14.3 Å². The van der Waals surface area contributed by atoms with E-state index in [1.807, 2.05) is 30.3 Å². The first-order valence-electron chi connectivity index (χ1n) is 9.23. The van der Waals surface area contributed by atoms with Crippen LogP contribution in [0.1, 0.15) is 36.8 Å². The molecule has 28 heavy (non-hydrogen) atoms. The number of amides is 1. The van der Waals surface area contributed by atoms with Gasteiger partial charge in [-0.25, -0.2) is 4.79 Å². The second-order valence-electron chi connectivity index (χ2n) is 6.88. The number of ether oxygens (including phenoxy) is 2. The van der Waals surface area contributed by atoms with Crippen molar-refractivity contribution in [3.05, 3.63) is 71.4 Å². The normalized spacial score (nSPS) is 22.6. The number of carbonyl (C=O) groups is 2. The van der Waals surface area contributed by atoms with Gasteiger partial charge >= 0.3 is 5.97 Å². The van der Waals surface area contributed by atoms with Crippen LogP contribution < -0.4 is 4.74 Å². The molecule has 0 radical (unpaired) electrons. The summed E-state index contributed by atoms with van der Waals surface area (Å²) in [6, 6.07) is 14.5. The quantitative estimate of drug-likeness (QED) is 0.829. The van der Waals surface area contributed by atoms with E-state index in [1.54, 1.807) is 31.3 Å². The molecule has 0 bridgehead atoms. The van der Waals surface area contributed by atoms with Gasteiger partial charge in [-0.3, -0.25) is 9.69 Å². The van der Waals surface area contributed by atoms with Gasteiger partial charge in [0.25, 0.3) is 0 Å². The van der Waals surface area contributed by atoms with Crippen molar-refractivity contribution in [1.82, 2.24) is 4.90 Å². The molecule has 1 amide bonds. The van der Waals surface area contributed by atoms with E-state index < -0.39 is 12.2 Å². The van der Waals surface area contributed by atoms with E-state index in [4.69, 9.17) is 9.47 Å². The Morgan fingerprint density at radius 2 is 1.93 bits per heavy atom. The number of phenols is 1. The number of rotatable bonds is 3. The summed E-state index contributed by atoms with van der Waals surface area (Å²) in [4.78, 5) is 26.6. The Kier molecular flexibility index (Phi) is 4.55. The molecule has 144 valence electrons. The minimum atomic E-state index is -0.599. The summed E-state index contributed by atoms with van der Waals surface area (Å²) < 4.78 is 11.4. The van der Waals surface area contributed by atoms with Crippen molar-refractivity contribution in [2.45, 2.75) is 31.9 Å².